The van der Waals surface area contributed by atoms with E-state index in [1.807, 2.05) is 0 Å². The maximum absolute atomic E-state index is 12.9. The Hall–Kier alpha value is -0.760. The van der Waals surface area contributed by atoms with E-state index in [-0.39, 0.29) is 10.8 Å². The molecule has 0 unspecified atom stereocenters. The van der Waals surface area contributed by atoms with Crippen molar-refractivity contribution >= 4 is 17.3 Å². The lowest BCUT2D eigenvalue weighted by Crippen LogP contribution is -2.07. The maximum Gasteiger partial charge on any atom is 0.143 e. The van der Waals surface area contributed by atoms with Crippen LogP contribution in [0, 0.1) is 11.7 Å². The molecule has 1 aromatic carbocycles. The van der Waals surface area contributed by atoms with E-state index in [1.165, 1.54) is 6.07 Å². The van der Waals surface area contributed by atoms with Crippen LogP contribution >= 0.6 is 11.6 Å². The molecule has 0 heterocycles. The number of rotatable bonds is 3. The number of anilines is 1. The zero-order chi connectivity index (χ0) is 9.84. The van der Waals surface area contributed by atoms with Gasteiger partial charge >= 0.3 is 0 Å². The van der Waals surface area contributed by atoms with Gasteiger partial charge in [-0.25, -0.2) is 4.39 Å². The summed E-state index contributed by atoms with van der Waals surface area (Å²) in [5.41, 5.74) is 0.774. The SMILES string of the molecule is CC(C)CNc1ccc(Cl)c(F)c1. The smallest absolute Gasteiger partial charge is 0.143 e. The van der Waals surface area contributed by atoms with E-state index in [0.29, 0.717) is 5.92 Å². The Kier molecular flexibility index (Phi) is 3.55. The van der Waals surface area contributed by atoms with Crippen LogP contribution in [0.2, 0.25) is 5.02 Å². The summed E-state index contributed by atoms with van der Waals surface area (Å²) in [6.07, 6.45) is 0. The molecule has 0 saturated carbocycles. The van der Waals surface area contributed by atoms with E-state index in [4.69, 9.17) is 11.6 Å². The van der Waals surface area contributed by atoms with Gasteiger partial charge in [-0.15, -0.1) is 0 Å². The van der Waals surface area contributed by atoms with Crippen molar-refractivity contribution in [2.24, 2.45) is 5.92 Å². The lowest BCUT2D eigenvalue weighted by Gasteiger charge is -2.08. The number of nitrogens with one attached hydrogen (secondary N) is 1. The minimum absolute atomic E-state index is 0.162. The van der Waals surface area contributed by atoms with Crippen LogP contribution in [0.5, 0.6) is 0 Å². The summed E-state index contributed by atoms with van der Waals surface area (Å²) < 4.78 is 12.9. The van der Waals surface area contributed by atoms with Gasteiger partial charge in [0, 0.05) is 12.2 Å². The summed E-state index contributed by atoms with van der Waals surface area (Å²) in [7, 11) is 0. The van der Waals surface area contributed by atoms with Gasteiger partial charge in [-0.1, -0.05) is 25.4 Å². The summed E-state index contributed by atoms with van der Waals surface area (Å²) in [4.78, 5) is 0. The fourth-order valence-electron chi connectivity index (χ4n) is 0.928. The molecule has 0 spiro atoms. The molecule has 13 heavy (non-hydrogen) atoms. The first kappa shape index (κ1) is 10.3. The zero-order valence-electron chi connectivity index (χ0n) is 7.77. The first-order valence-electron chi connectivity index (χ1n) is 4.28. The van der Waals surface area contributed by atoms with Gasteiger partial charge in [0.25, 0.3) is 0 Å². The predicted molar refractivity (Wildman–Crippen MR) is 54.7 cm³/mol. The minimum atomic E-state index is -0.379. The van der Waals surface area contributed by atoms with Crippen LogP contribution in [-0.2, 0) is 0 Å². The summed E-state index contributed by atoms with van der Waals surface area (Å²) in [5.74, 6) is 0.161. The van der Waals surface area contributed by atoms with Gasteiger partial charge in [-0.2, -0.15) is 0 Å². The third kappa shape index (κ3) is 3.23. The quantitative estimate of drug-likeness (QED) is 0.789. The van der Waals surface area contributed by atoms with Crippen molar-refractivity contribution in [1.29, 1.82) is 0 Å². The normalized spacial score (nSPS) is 10.5. The molecule has 1 rings (SSSR count). The molecule has 0 aliphatic rings. The van der Waals surface area contributed by atoms with Gasteiger partial charge in [0.15, 0.2) is 0 Å². The second kappa shape index (κ2) is 4.47. The van der Waals surface area contributed by atoms with Crippen LogP contribution in [0.15, 0.2) is 18.2 Å². The summed E-state index contributed by atoms with van der Waals surface area (Å²) in [5, 5.41) is 3.28. The fourth-order valence-corrected chi connectivity index (χ4v) is 1.05. The molecule has 0 aliphatic heterocycles. The van der Waals surface area contributed by atoms with Gasteiger partial charge in [-0.05, 0) is 24.1 Å². The van der Waals surface area contributed by atoms with E-state index < -0.39 is 0 Å². The van der Waals surface area contributed by atoms with Gasteiger partial charge in [-0.3, -0.25) is 0 Å². The first-order valence-corrected chi connectivity index (χ1v) is 4.66. The average Bonchev–Trinajstić information content (AvgIpc) is 2.07. The zero-order valence-corrected chi connectivity index (χ0v) is 8.53. The molecule has 0 aliphatic carbocycles. The van der Waals surface area contributed by atoms with E-state index in [9.17, 15) is 4.39 Å². The Morgan fingerprint density at radius 2 is 2.15 bits per heavy atom. The number of halogens is 2. The predicted octanol–water partition coefficient (Wildman–Crippen LogP) is 3.55. The third-order valence-electron chi connectivity index (χ3n) is 1.63. The number of hydrogen-bond donors (Lipinski definition) is 1. The molecular formula is C10H13ClFN. The molecule has 3 heteroatoms. The minimum Gasteiger partial charge on any atom is -0.385 e. The van der Waals surface area contributed by atoms with E-state index >= 15 is 0 Å². The number of benzene rings is 1. The van der Waals surface area contributed by atoms with Crippen molar-refractivity contribution in [3.05, 3.63) is 29.0 Å². The van der Waals surface area contributed by atoms with Crippen LogP contribution in [0.25, 0.3) is 0 Å². The molecule has 0 atom stereocenters. The Morgan fingerprint density at radius 3 is 2.69 bits per heavy atom. The molecule has 1 N–H and O–H groups in total. The molecule has 0 amide bonds. The van der Waals surface area contributed by atoms with Gasteiger partial charge in [0.2, 0.25) is 0 Å². The van der Waals surface area contributed by atoms with E-state index in [2.05, 4.69) is 19.2 Å². The fraction of sp³-hybridized carbons (Fsp3) is 0.400. The van der Waals surface area contributed by atoms with Gasteiger partial charge in [0.05, 0.1) is 5.02 Å². The highest BCUT2D eigenvalue weighted by atomic mass is 35.5. The Balaban J connectivity index is 2.63. The third-order valence-corrected chi connectivity index (χ3v) is 1.94. The summed E-state index contributed by atoms with van der Waals surface area (Å²) >= 11 is 5.54. The van der Waals surface area contributed by atoms with E-state index in [1.54, 1.807) is 12.1 Å². The lowest BCUT2D eigenvalue weighted by atomic mass is 10.2. The Morgan fingerprint density at radius 1 is 1.46 bits per heavy atom. The average molecular weight is 202 g/mol. The molecule has 72 valence electrons. The van der Waals surface area contributed by atoms with Gasteiger partial charge in [0.1, 0.15) is 5.82 Å². The topological polar surface area (TPSA) is 12.0 Å². The molecule has 1 aromatic rings. The van der Waals surface area contributed by atoms with Crippen molar-refractivity contribution in [3.63, 3.8) is 0 Å². The summed E-state index contributed by atoms with van der Waals surface area (Å²) in [6, 6.07) is 4.73. The molecule has 1 nitrogen and oxygen atoms in total. The lowest BCUT2D eigenvalue weighted by molar-refractivity contribution is 0.627. The van der Waals surface area contributed by atoms with E-state index in [0.717, 1.165) is 12.2 Å². The van der Waals surface area contributed by atoms with Gasteiger partial charge < -0.3 is 5.32 Å². The maximum atomic E-state index is 12.9. The second-order valence-electron chi connectivity index (χ2n) is 3.40. The standard InChI is InChI=1S/C10H13ClFN/c1-7(2)6-13-8-3-4-9(11)10(12)5-8/h3-5,7,13H,6H2,1-2H3. The van der Waals surface area contributed by atoms with Crippen molar-refractivity contribution in [2.45, 2.75) is 13.8 Å². The van der Waals surface area contributed by atoms with Crippen LogP contribution in [0.1, 0.15) is 13.8 Å². The molecular weight excluding hydrogens is 189 g/mol. The molecule has 0 fully saturated rings. The van der Waals surface area contributed by atoms with Crippen molar-refractivity contribution in [3.8, 4) is 0 Å². The number of hydrogen-bond acceptors (Lipinski definition) is 1. The monoisotopic (exact) mass is 201 g/mol. The first-order chi connectivity index (χ1) is 6.09. The second-order valence-corrected chi connectivity index (χ2v) is 3.81. The highest BCUT2D eigenvalue weighted by Crippen LogP contribution is 2.18. The largest absolute Gasteiger partial charge is 0.385 e. The molecule has 0 radical (unpaired) electrons. The van der Waals surface area contributed by atoms with Crippen molar-refractivity contribution < 1.29 is 4.39 Å². The highest BCUT2D eigenvalue weighted by Gasteiger charge is 2.00. The Bertz CT molecular complexity index is 286. The van der Waals surface area contributed by atoms with Crippen LogP contribution in [0.4, 0.5) is 10.1 Å². The van der Waals surface area contributed by atoms with Crippen LogP contribution in [-0.4, -0.2) is 6.54 Å². The Labute approximate surface area is 82.9 Å². The van der Waals surface area contributed by atoms with Crippen molar-refractivity contribution in [2.75, 3.05) is 11.9 Å². The molecule has 0 aromatic heterocycles. The van der Waals surface area contributed by atoms with Crippen LogP contribution < -0.4 is 5.32 Å². The van der Waals surface area contributed by atoms with Crippen molar-refractivity contribution in [1.82, 2.24) is 0 Å². The molecule has 0 saturated heterocycles. The van der Waals surface area contributed by atoms with Crippen LogP contribution in [0.3, 0.4) is 0 Å². The molecule has 0 bridgehead atoms. The summed E-state index contributed by atoms with van der Waals surface area (Å²) in [6.45, 7) is 5.03. The highest BCUT2D eigenvalue weighted by molar-refractivity contribution is 6.30.